The molecule has 1 atom stereocenters. The standard InChI is InChI=1S/C8H11O.Na/c1-7-3-5-8(2,9)6-4-7;/h3-5H,6H2,1-2H3;/q-1;+1. The first-order chi connectivity index (χ1) is 4.10. The molecule has 0 aromatic carbocycles. The quantitative estimate of drug-likeness (QED) is 0.363. The molecule has 0 radical (unpaired) electrons. The van der Waals surface area contributed by atoms with Gasteiger partial charge in [-0.2, -0.15) is 0 Å². The Labute approximate surface area is 84.1 Å². The maximum absolute atomic E-state index is 11.1. The van der Waals surface area contributed by atoms with Gasteiger partial charge in [-0.25, -0.2) is 0 Å². The molecule has 1 nitrogen and oxygen atoms in total. The maximum atomic E-state index is 11.1. The van der Waals surface area contributed by atoms with E-state index in [1.165, 1.54) is 5.57 Å². The summed E-state index contributed by atoms with van der Waals surface area (Å²) in [4.78, 5) is 0. The van der Waals surface area contributed by atoms with Gasteiger partial charge >= 0.3 is 29.6 Å². The van der Waals surface area contributed by atoms with Crippen molar-refractivity contribution < 1.29 is 34.7 Å². The third-order valence-electron chi connectivity index (χ3n) is 1.53. The first-order valence-corrected chi connectivity index (χ1v) is 3.17. The van der Waals surface area contributed by atoms with Crippen molar-refractivity contribution in [1.29, 1.82) is 0 Å². The Hall–Kier alpha value is 0.440. The molecule has 1 unspecified atom stereocenters. The Morgan fingerprint density at radius 2 is 2.20 bits per heavy atom. The summed E-state index contributed by atoms with van der Waals surface area (Å²) in [5, 5.41) is 11.1. The van der Waals surface area contributed by atoms with Crippen LogP contribution in [0, 0.1) is 0 Å². The van der Waals surface area contributed by atoms with Gasteiger partial charge in [0.25, 0.3) is 0 Å². The van der Waals surface area contributed by atoms with Gasteiger partial charge in [-0.1, -0.05) is 36.3 Å². The van der Waals surface area contributed by atoms with Crippen molar-refractivity contribution in [1.82, 2.24) is 0 Å². The maximum Gasteiger partial charge on any atom is 1.00 e. The second-order valence-electron chi connectivity index (χ2n) is 2.80. The van der Waals surface area contributed by atoms with E-state index in [1.54, 1.807) is 13.0 Å². The van der Waals surface area contributed by atoms with E-state index in [-0.39, 0.29) is 29.6 Å². The van der Waals surface area contributed by atoms with Crippen molar-refractivity contribution >= 4 is 0 Å². The molecule has 0 aromatic heterocycles. The molecule has 10 heavy (non-hydrogen) atoms. The molecule has 0 spiro atoms. The molecule has 0 aliphatic heterocycles. The zero-order chi connectivity index (χ0) is 6.91. The molecule has 0 aromatic rings. The van der Waals surface area contributed by atoms with E-state index >= 15 is 0 Å². The first-order valence-electron chi connectivity index (χ1n) is 3.17. The summed E-state index contributed by atoms with van der Waals surface area (Å²) >= 11 is 0. The molecule has 0 fully saturated rings. The van der Waals surface area contributed by atoms with Crippen LogP contribution in [0.15, 0.2) is 23.8 Å². The fraction of sp³-hybridized carbons (Fsp3) is 0.500. The summed E-state index contributed by atoms with van der Waals surface area (Å²) < 4.78 is 0. The van der Waals surface area contributed by atoms with Crippen molar-refractivity contribution in [2.75, 3.05) is 0 Å². The Morgan fingerprint density at radius 3 is 2.50 bits per heavy atom. The molecular formula is C8H11NaO. The van der Waals surface area contributed by atoms with Gasteiger partial charge in [0, 0.05) is 0 Å². The monoisotopic (exact) mass is 146 g/mol. The minimum atomic E-state index is -0.848. The van der Waals surface area contributed by atoms with Gasteiger partial charge in [-0.05, 0) is 13.3 Å². The van der Waals surface area contributed by atoms with Crippen molar-refractivity contribution in [3.8, 4) is 0 Å². The van der Waals surface area contributed by atoms with Crippen LogP contribution in [0.5, 0.6) is 0 Å². The van der Waals surface area contributed by atoms with Crippen molar-refractivity contribution in [2.45, 2.75) is 25.9 Å². The van der Waals surface area contributed by atoms with E-state index in [0.717, 1.165) is 0 Å². The van der Waals surface area contributed by atoms with E-state index in [1.807, 2.05) is 19.1 Å². The minimum absolute atomic E-state index is 0. The molecule has 1 rings (SSSR count). The molecule has 1 aliphatic rings. The summed E-state index contributed by atoms with van der Waals surface area (Å²) in [5.41, 5.74) is 0.350. The Balaban J connectivity index is 0.000000810. The smallest absolute Gasteiger partial charge is 0.846 e. The van der Waals surface area contributed by atoms with Crippen LogP contribution in [0.25, 0.3) is 0 Å². The molecule has 0 bridgehead atoms. The third-order valence-corrected chi connectivity index (χ3v) is 1.53. The topological polar surface area (TPSA) is 23.1 Å². The van der Waals surface area contributed by atoms with Crippen LogP contribution < -0.4 is 34.7 Å². The van der Waals surface area contributed by atoms with Crippen LogP contribution in [0.1, 0.15) is 20.3 Å². The molecule has 0 N–H and O–H groups in total. The molecule has 50 valence electrons. The molecule has 0 saturated carbocycles. The molecule has 1 aliphatic carbocycles. The molecule has 2 heteroatoms. The van der Waals surface area contributed by atoms with Gasteiger partial charge in [0.1, 0.15) is 0 Å². The van der Waals surface area contributed by atoms with Crippen LogP contribution in [0.4, 0.5) is 0 Å². The summed E-state index contributed by atoms with van der Waals surface area (Å²) in [6, 6.07) is 0. The van der Waals surface area contributed by atoms with Crippen LogP contribution in [0.2, 0.25) is 0 Å². The SMILES string of the molecule is CC1=CCC(C)([O-])C=C1.[Na+]. The van der Waals surface area contributed by atoms with Gasteiger partial charge in [-0.15, -0.1) is 0 Å². The average molecular weight is 146 g/mol. The van der Waals surface area contributed by atoms with E-state index in [4.69, 9.17) is 0 Å². The van der Waals surface area contributed by atoms with Crippen LogP contribution in [0.3, 0.4) is 0 Å². The minimum Gasteiger partial charge on any atom is -0.846 e. The molecule has 0 heterocycles. The predicted octanol–water partition coefficient (Wildman–Crippen LogP) is -1.98. The zero-order valence-corrected chi connectivity index (χ0v) is 8.85. The second-order valence-corrected chi connectivity index (χ2v) is 2.80. The summed E-state index contributed by atoms with van der Waals surface area (Å²) in [6.07, 6.45) is 6.22. The van der Waals surface area contributed by atoms with E-state index in [9.17, 15) is 5.11 Å². The van der Waals surface area contributed by atoms with E-state index in [2.05, 4.69) is 0 Å². The van der Waals surface area contributed by atoms with Crippen molar-refractivity contribution in [3.05, 3.63) is 23.8 Å². The fourth-order valence-corrected chi connectivity index (χ4v) is 0.807. The Kier molecular flexibility index (Phi) is 3.89. The Morgan fingerprint density at radius 1 is 1.60 bits per heavy atom. The summed E-state index contributed by atoms with van der Waals surface area (Å²) in [7, 11) is 0. The number of allylic oxidation sites excluding steroid dienone is 2. The van der Waals surface area contributed by atoms with E-state index in [0.29, 0.717) is 6.42 Å². The van der Waals surface area contributed by atoms with Gasteiger partial charge in [0.05, 0.1) is 0 Å². The number of rotatable bonds is 0. The summed E-state index contributed by atoms with van der Waals surface area (Å²) in [6.45, 7) is 3.71. The van der Waals surface area contributed by atoms with Gasteiger partial charge in [0.2, 0.25) is 0 Å². The molecule has 0 saturated heterocycles. The van der Waals surface area contributed by atoms with Crippen molar-refractivity contribution in [2.24, 2.45) is 0 Å². The normalized spacial score (nSPS) is 30.9. The predicted molar refractivity (Wildman–Crippen MR) is 35.9 cm³/mol. The van der Waals surface area contributed by atoms with Crippen molar-refractivity contribution in [3.63, 3.8) is 0 Å². The largest absolute Gasteiger partial charge is 1.00 e. The average Bonchev–Trinajstić information content (AvgIpc) is 1.78. The zero-order valence-electron chi connectivity index (χ0n) is 6.85. The first kappa shape index (κ1) is 10.4. The summed E-state index contributed by atoms with van der Waals surface area (Å²) in [5.74, 6) is 0. The van der Waals surface area contributed by atoms with Gasteiger partial charge < -0.3 is 5.11 Å². The molecule has 0 amide bonds. The van der Waals surface area contributed by atoms with Crippen LogP contribution >= 0.6 is 0 Å². The van der Waals surface area contributed by atoms with Gasteiger partial charge in [0.15, 0.2) is 0 Å². The van der Waals surface area contributed by atoms with Crippen LogP contribution in [-0.2, 0) is 0 Å². The third kappa shape index (κ3) is 3.02. The molecular weight excluding hydrogens is 135 g/mol. The number of hydrogen-bond donors (Lipinski definition) is 0. The number of hydrogen-bond acceptors (Lipinski definition) is 1. The van der Waals surface area contributed by atoms with Gasteiger partial charge in [-0.3, -0.25) is 0 Å². The van der Waals surface area contributed by atoms with E-state index < -0.39 is 5.60 Å². The fourth-order valence-electron chi connectivity index (χ4n) is 0.807. The second kappa shape index (κ2) is 3.72. The van der Waals surface area contributed by atoms with Crippen LogP contribution in [-0.4, -0.2) is 5.60 Å². The Bertz CT molecular complexity index is 168.